The van der Waals surface area contributed by atoms with Crippen molar-refractivity contribution in [3.05, 3.63) is 42.8 Å². The third-order valence-electron chi connectivity index (χ3n) is 4.97. The highest BCUT2D eigenvalue weighted by Crippen LogP contribution is 2.14. The lowest BCUT2D eigenvalue weighted by molar-refractivity contribution is 0.0859. The van der Waals surface area contributed by atoms with Gasteiger partial charge in [0.2, 0.25) is 0 Å². The second kappa shape index (κ2) is 7.51. The number of pyridine rings is 1. The Morgan fingerprint density at radius 2 is 1.93 bits per heavy atom. The Morgan fingerprint density at radius 3 is 2.52 bits per heavy atom. The predicted molar refractivity (Wildman–Crippen MR) is 100 cm³/mol. The summed E-state index contributed by atoms with van der Waals surface area (Å²) in [5.74, 6) is -0.519. The van der Waals surface area contributed by atoms with E-state index in [-0.39, 0.29) is 35.8 Å². The molecule has 146 valence electrons. The van der Waals surface area contributed by atoms with Crippen LogP contribution in [0.1, 0.15) is 37.0 Å². The van der Waals surface area contributed by atoms with Gasteiger partial charge in [0.1, 0.15) is 5.65 Å². The lowest BCUT2D eigenvalue weighted by Crippen LogP contribution is -2.42. The van der Waals surface area contributed by atoms with E-state index in [1.54, 1.807) is 13.8 Å². The molecule has 1 amide bonds. The van der Waals surface area contributed by atoms with Crippen LogP contribution in [0.3, 0.4) is 0 Å². The molecule has 1 N–H and O–H groups in total. The van der Waals surface area contributed by atoms with Crippen molar-refractivity contribution < 1.29 is 9.53 Å². The summed E-state index contributed by atoms with van der Waals surface area (Å²) in [7, 11) is 1.50. The van der Waals surface area contributed by atoms with Gasteiger partial charge in [0.15, 0.2) is 0 Å². The molecular formula is C18H24N4O5. The SMILES string of the molecule is CCn1c(=O)c2c(C(=O)NCC3CCCO3)cc(=O)n(CC)c2n(C)c1=O. The third kappa shape index (κ3) is 3.23. The molecule has 1 fully saturated rings. The molecule has 1 aliphatic rings. The Hall–Kier alpha value is -2.68. The fourth-order valence-corrected chi connectivity index (χ4v) is 3.56. The monoisotopic (exact) mass is 376 g/mol. The van der Waals surface area contributed by atoms with E-state index in [0.717, 1.165) is 17.4 Å². The summed E-state index contributed by atoms with van der Waals surface area (Å²) in [5, 5.41) is 2.82. The van der Waals surface area contributed by atoms with Crippen molar-refractivity contribution in [3.63, 3.8) is 0 Å². The van der Waals surface area contributed by atoms with Crippen LogP contribution in [-0.4, -0.2) is 38.9 Å². The summed E-state index contributed by atoms with van der Waals surface area (Å²) < 4.78 is 9.13. The van der Waals surface area contributed by atoms with Crippen LogP contribution < -0.4 is 22.1 Å². The number of aryl methyl sites for hydroxylation is 2. The number of hydrogen-bond acceptors (Lipinski definition) is 5. The van der Waals surface area contributed by atoms with Gasteiger partial charge in [-0.2, -0.15) is 0 Å². The minimum absolute atomic E-state index is 0.0134. The van der Waals surface area contributed by atoms with E-state index in [1.807, 2.05) is 0 Å². The molecule has 2 aromatic rings. The zero-order valence-electron chi connectivity index (χ0n) is 15.8. The number of carbonyl (C=O) groups is 1. The molecule has 2 aromatic heterocycles. The average molecular weight is 376 g/mol. The summed E-state index contributed by atoms with van der Waals surface area (Å²) in [5.41, 5.74) is -1.38. The number of nitrogens with one attached hydrogen (secondary N) is 1. The number of fused-ring (bicyclic) bond motifs is 1. The van der Waals surface area contributed by atoms with Crippen LogP contribution in [0, 0.1) is 0 Å². The molecule has 1 atom stereocenters. The molecule has 0 spiro atoms. The maximum Gasteiger partial charge on any atom is 0.332 e. The number of aromatic nitrogens is 3. The van der Waals surface area contributed by atoms with Gasteiger partial charge in [-0.3, -0.25) is 28.1 Å². The van der Waals surface area contributed by atoms with Crippen LogP contribution in [0.25, 0.3) is 11.0 Å². The summed E-state index contributed by atoms with van der Waals surface area (Å²) in [4.78, 5) is 50.7. The molecule has 27 heavy (non-hydrogen) atoms. The topological polar surface area (TPSA) is 104 Å². The first-order valence-electron chi connectivity index (χ1n) is 9.17. The van der Waals surface area contributed by atoms with Gasteiger partial charge < -0.3 is 10.1 Å². The second-order valence-corrected chi connectivity index (χ2v) is 6.58. The summed E-state index contributed by atoms with van der Waals surface area (Å²) >= 11 is 0. The third-order valence-corrected chi connectivity index (χ3v) is 4.97. The second-order valence-electron chi connectivity index (χ2n) is 6.58. The van der Waals surface area contributed by atoms with E-state index in [4.69, 9.17) is 4.74 Å². The van der Waals surface area contributed by atoms with Crippen LogP contribution in [0.4, 0.5) is 0 Å². The molecular weight excluding hydrogens is 352 g/mol. The fourth-order valence-electron chi connectivity index (χ4n) is 3.56. The van der Waals surface area contributed by atoms with Gasteiger partial charge in [0, 0.05) is 39.4 Å². The normalized spacial score (nSPS) is 16.8. The summed E-state index contributed by atoms with van der Waals surface area (Å²) in [6, 6.07) is 1.17. The first-order valence-corrected chi connectivity index (χ1v) is 9.17. The van der Waals surface area contributed by atoms with Gasteiger partial charge in [-0.15, -0.1) is 0 Å². The number of carbonyl (C=O) groups excluding carboxylic acids is 1. The number of hydrogen-bond donors (Lipinski definition) is 1. The van der Waals surface area contributed by atoms with Crippen molar-refractivity contribution in [2.75, 3.05) is 13.2 Å². The molecule has 0 radical (unpaired) electrons. The molecule has 3 heterocycles. The van der Waals surface area contributed by atoms with Crippen LogP contribution >= 0.6 is 0 Å². The number of amides is 1. The Kier molecular flexibility index (Phi) is 5.31. The lowest BCUT2D eigenvalue weighted by atomic mass is 10.1. The maximum absolute atomic E-state index is 12.9. The molecule has 9 heteroatoms. The molecule has 0 aliphatic carbocycles. The summed E-state index contributed by atoms with van der Waals surface area (Å²) in [6.45, 7) is 4.85. The van der Waals surface area contributed by atoms with Crippen molar-refractivity contribution in [2.24, 2.45) is 7.05 Å². The van der Waals surface area contributed by atoms with Gasteiger partial charge in [0.05, 0.1) is 17.1 Å². The zero-order valence-corrected chi connectivity index (χ0v) is 15.8. The largest absolute Gasteiger partial charge is 0.376 e. The average Bonchev–Trinajstić information content (AvgIpc) is 3.17. The molecule has 0 saturated carbocycles. The standard InChI is InChI=1S/C18H24N4O5/c1-4-21-13(23)9-12(15(24)19-10-11-7-6-8-27-11)14-16(21)20(3)18(26)22(5-2)17(14)25/h9,11H,4-8,10H2,1-3H3,(H,19,24). The van der Waals surface area contributed by atoms with Crippen molar-refractivity contribution >= 4 is 16.9 Å². The van der Waals surface area contributed by atoms with Crippen LogP contribution in [0.5, 0.6) is 0 Å². The van der Waals surface area contributed by atoms with Crippen LogP contribution in [0.15, 0.2) is 20.4 Å². The molecule has 0 aromatic carbocycles. The van der Waals surface area contributed by atoms with E-state index in [9.17, 15) is 19.2 Å². The minimum atomic E-state index is -0.569. The predicted octanol–water partition coefficient (Wildman–Crippen LogP) is -0.189. The van der Waals surface area contributed by atoms with Crippen LogP contribution in [-0.2, 0) is 24.9 Å². The van der Waals surface area contributed by atoms with Gasteiger partial charge >= 0.3 is 5.69 Å². The van der Waals surface area contributed by atoms with Crippen molar-refractivity contribution in [2.45, 2.75) is 45.9 Å². The molecule has 9 nitrogen and oxygen atoms in total. The van der Waals surface area contributed by atoms with Gasteiger partial charge in [-0.1, -0.05) is 0 Å². The molecule has 3 rings (SSSR count). The van der Waals surface area contributed by atoms with E-state index < -0.39 is 22.7 Å². The highest BCUT2D eigenvalue weighted by Gasteiger charge is 2.23. The van der Waals surface area contributed by atoms with E-state index >= 15 is 0 Å². The highest BCUT2D eigenvalue weighted by molar-refractivity contribution is 6.05. The number of nitrogens with zero attached hydrogens (tertiary/aromatic N) is 3. The zero-order chi connectivity index (χ0) is 19.7. The Morgan fingerprint density at radius 1 is 1.22 bits per heavy atom. The Bertz CT molecular complexity index is 1060. The Balaban J connectivity index is 2.22. The van der Waals surface area contributed by atoms with Gasteiger partial charge in [0.25, 0.3) is 17.0 Å². The first kappa shape index (κ1) is 19.1. The fraction of sp³-hybridized carbons (Fsp3) is 0.556. The van der Waals surface area contributed by atoms with Crippen molar-refractivity contribution in [3.8, 4) is 0 Å². The van der Waals surface area contributed by atoms with Crippen molar-refractivity contribution in [1.82, 2.24) is 19.0 Å². The van der Waals surface area contributed by atoms with Crippen LogP contribution in [0.2, 0.25) is 0 Å². The minimum Gasteiger partial charge on any atom is -0.376 e. The quantitative estimate of drug-likeness (QED) is 0.779. The lowest BCUT2D eigenvalue weighted by Gasteiger charge is -2.17. The molecule has 1 aliphatic heterocycles. The maximum atomic E-state index is 12.9. The first-order chi connectivity index (χ1) is 12.9. The van der Waals surface area contributed by atoms with E-state index in [1.165, 1.54) is 22.2 Å². The highest BCUT2D eigenvalue weighted by atomic mass is 16.5. The molecule has 1 saturated heterocycles. The van der Waals surface area contributed by atoms with Crippen molar-refractivity contribution in [1.29, 1.82) is 0 Å². The van der Waals surface area contributed by atoms with Gasteiger partial charge in [-0.05, 0) is 26.7 Å². The number of ether oxygens (including phenoxy) is 1. The van der Waals surface area contributed by atoms with Gasteiger partial charge in [-0.25, -0.2) is 4.79 Å². The molecule has 1 unspecified atom stereocenters. The smallest absolute Gasteiger partial charge is 0.332 e. The number of rotatable bonds is 5. The molecule has 0 bridgehead atoms. The van der Waals surface area contributed by atoms with E-state index in [2.05, 4.69) is 5.32 Å². The Labute approximate surface area is 155 Å². The van der Waals surface area contributed by atoms with E-state index in [0.29, 0.717) is 13.2 Å². The summed E-state index contributed by atoms with van der Waals surface area (Å²) in [6.07, 6.45) is 1.74.